The highest BCUT2D eigenvalue weighted by atomic mass is 16.7. The number of ether oxygens (including phenoxy) is 3. The molecule has 1 aromatic carbocycles. The summed E-state index contributed by atoms with van der Waals surface area (Å²) in [6.45, 7) is 9.46. The number of hydrogen-bond acceptors (Lipinski definition) is 8. The Hall–Kier alpha value is -3.90. The number of anilines is 2. The van der Waals surface area contributed by atoms with E-state index < -0.39 is 23.2 Å². The normalized spacial score (nSPS) is 17.1. The molecule has 228 valence electrons. The molecule has 42 heavy (non-hydrogen) atoms. The van der Waals surface area contributed by atoms with Gasteiger partial charge in [0.1, 0.15) is 24.0 Å². The molecule has 0 radical (unpaired) electrons. The van der Waals surface area contributed by atoms with Gasteiger partial charge >= 0.3 is 12.2 Å². The van der Waals surface area contributed by atoms with Crippen LogP contribution in [-0.4, -0.2) is 82.5 Å². The van der Waals surface area contributed by atoms with Crippen LogP contribution in [-0.2, 0) is 20.6 Å². The van der Waals surface area contributed by atoms with Crippen molar-refractivity contribution in [3.05, 3.63) is 53.7 Å². The maximum Gasteiger partial charge on any atom is 0.413 e. The van der Waals surface area contributed by atoms with Crippen LogP contribution in [0.3, 0.4) is 0 Å². The highest BCUT2D eigenvalue weighted by Crippen LogP contribution is 2.32. The standard InChI is InChI=1S/C30H42N6O6/c1-21(2)23-16-32-36-25(34-27(37)42-29(3,4)12-11-22-9-7-6-8-10-22)15-24(33-26(23)36)31-17-30(19-41-20-40-5)13-14-35(18-30)28(38)39/h6-10,15-16,21H,11-14,17-20H2,1-5H3,(H,31,33)(H,34,37)(H,38,39). The molecule has 1 unspecified atom stereocenters. The van der Waals surface area contributed by atoms with Crippen molar-refractivity contribution in [3.8, 4) is 0 Å². The van der Waals surface area contributed by atoms with Crippen LogP contribution in [0.15, 0.2) is 42.6 Å². The van der Waals surface area contributed by atoms with E-state index in [0.717, 1.165) is 12.0 Å². The summed E-state index contributed by atoms with van der Waals surface area (Å²) in [5, 5.41) is 20.3. The molecule has 1 aliphatic rings. The zero-order chi connectivity index (χ0) is 30.3. The second kappa shape index (κ2) is 13.4. The highest BCUT2D eigenvalue weighted by molar-refractivity contribution is 5.85. The molecule has 2 aromatic heterocycles. The Balaban J connectivity index is 1.52. The molecular formula is C30H42N6O6. The summed E-state index contributed by atoms with van der Waals surface area (Å²) in [5.74, 6) is 1.07. The van der Waals surface area contributed by atoms with E-state index in [0.29, 0.717) is 56.4 Å². The zero-order valence-corrected chi connectivity index (χ0v) is 25.1. The van der Waals surface area contributed by atoms with Gasteiger partial charge in [0.15, 0.2) is 5.65 Å². The van der Waals surface area contributed by atoms with Gasteiger partial charge in [-0.15, -0.1) is 0 Å². The van der Waals surface area contributed by atoms with Gasteiger partial charge in [-0.2, -0.15) is 9.61 Å². The fraction of sp³-hybridized carbons (Fsp3) is 0.533. The molecule has 2 amide bonds. The number of carbonyl (C=O) groups excluding carboxylic acids is 1. The van der Waals surface area contributed by atoms with Crippen molar-refractivity contribution in [2.24, 2.45) is 5.41 Å². The molecule has 12 nitrogen and oxygen atoms in total. The average Bonchev–Trinajstić information content (AvgIpc) is 3.57. The maximum absolute atomic E-state index is 13.1. The van der Waals surface area contributed by atoms with Crippen molar-refractivity contribution >= 4 is 29.5 Å². The van der Waals surface area contributed by atoms with Crippen LogP contribution in [0.2, 0.25) is 0 Å². The first kappa shape index (κ1) is 31.0. The molecule has 1 atom stereocenters. The summed E-state index contributed by atoms with van der Waals surface area (Å²) in [6.07, 6.45) is 2.26. The molecule has 1 fully saturated rings. The number of likely N-dealkylation sites (tertiary alicyclic amines) is 1. The second-order valence-corrected chi connectivity index (χ2v) is 11.8. The van der Waals surface area contributed by atoms with Gasteiger partial charge in [-0.25, -0.2) is 14.6 Å². The highest BCUT2D eigenvalue weighted by Gasteiger charge is 2.40. The van der Waals surface area contributed by atoms with Gasteiger partial charge in [0.2, 0.25) is 0 Å². The molecule has 1 aliphatic heterocycles. The van der Waals surface area contributed by atoms with Crippen LogP contribution >= 0.6 is 0 Å². The Bertz CT molecular complexity index is 1360. The van der Waals surface area contributed by atoms with Gasteiger partial charge < -0.3 is 29.5 Å². The first-order valence-corrected chi connectivity index (χ1v) is 14.2. The van der Waals surface area contributed by atoms with Crippen LogP contribution < -0.4 is 10.6 Å². The maximum atomic E-state index is 13.1. The van der Waals surface area contributed by atoms with Crippen molar-refractivity contribution in [1.29, 1.82) is 0 Å². The van der Waals surface area contributed by atoms with E-state index in [9.17, 15) is 14.7 Å². The number of methoxy groups -OCH3 is 1. The molecule has 3 heterocycles. The number of benzene rings is 1. The molecular weight excluding hydrogens is 540 g/mol. The number of fused-ring (bicyclic) bond motifs is 1. The summed E-state index contributed by atoms with van der Waals surface area (Å²) in [5.41, 5.74) is 1.54. The Kier molecular flexibility index (Phi) is 9.89. The lowest BCUT2D eigenvalue weighted by Gasteiger charge is -2.29. The molecule has 0 bridgehead atoms. The van der Waals surface area contributed by atoms with Crippen molar-refractivity contribution in [2.45, 2.75) is 58.5 Å². The number of nitrogens with zero attached hydrogens (tertiary/aromatic N) is 4. The third-order valence-corrected chi connectivity index (χ3v) is 7.54. The number of carbonyl (C=O) groups is 2. The van der Waals surface area contributed by atoms with Gasteiger partial charge in [-0.3, -0.25) is 5.32 Å². The lowest BCUT2D eigenvalue weighted by Crippen LogP contribution is -2.39. The smallest absolute Gasteiger partial charge is 0.413 e. The number of rotatable bonds is 13. The monoisotopic (exact) mass is 582 g/mol. The predicted octanol–water partition coefficient (Wildman–Crippen LogP) is 5.22. The van der Waals surface area contributed by atoms with Gasteiger partial charge in [-0.05, 0) is 44.6 Å². The van der Waals surface area contributed by atoms with Crippen LogP contribution in [0.5, 0.6) is 0 Å². The molecule has 3 N–H and O–H groups in total. The quantitative estimate of drug-likeness (QED) is 0.183. The van der Waals surface area contributed by atoms with E-state index in [1.54, 1.807) is 23.9 Å². The van der Waals surface area contributed by atoms with Gasteiger partial charge in [0, 0.05) is 43.8 Å². The minimum Gasteiger partial charge on any atom is -0.465 e. The number of nitrogens with one attached hydrogen (secondary N) is 2. The van der Waals surface area contributed by atoms with Crippen molar-refractivity contribution in [2.75, 3.05) is 50.8 Å². The molecule has 0 saturated carbocycles. The number of carboxylic acid groups (broad SMARTS) is 1. The van der Waals surface area contributed by atoms with E-state index in [-0.39, 0.29) is 12.7 Å². The van der Waals surface area contributed by atoms with Crippen molar-refractivity contribution in [3.63, 3.8) is 0 Å². The van der Waals surface area contributed by atoms with Gasteiger partial charge in [0.25, 0.3) is 0 Å². The molecule has 3 aromatic rings. The molecule has 0 spiro atoms. The first-order valence-electron chi connectivity index (χ1n) is 14.2. The molecule has 4 rings (SSSR count). The van der Waals surface area contributed by atoms with Crippen LogP contribution in [0.4, 0.5) is 21.2 Å². The fourth-order valence-corrected chi connectivity index (χ4v) is 5.12. The predicted molar refractivity (Wildman–Crippen MR) is 159 cm³/mol. The second-order valence-electron chi connectivity index (χ2n) is 11.8. The zero-order valence-electron chi connectivity index (χ0n) is 25.1. The molecule has 1 saturated heterocycles. The molecule has 0 aliphatic carbocycles. The Morgan fingerprint density at radius 2 is 1.98 bits per heavy atom. The van der Waals surface area contributed by atoms with Crippen molar-refractivity contribution in [1.82, 2.24) is 19.5 Å². The lowest BCUT2D eigenvalue weighted by atomic mass is 9.88. The van der Waals surface area contributed by atoms with Crippen LogP contribution in [0, 0.1) is 5.41 Å². The third-order valence-electron chi connectivity index (χ3n) is 7.54. The van der Waals surface area contributed by atoms with Crippen LogP contribution in [0.25, 0.3) is 5.65 Å². The van der Waals surface area contributed by atoms with E-state index >= 15 is 0 Å². The van der Waals surface area contributed by atoms with E-state index in [2.05, 4.69) is 41.7 Å². The minimum atomic E-state index is -0.958. The van der Waals surface area contributed by atoms with Crippen molar-refractivity contribution < 1.29 is 28.9 Å². The van der Waals surface area contributed by atoms with Gasteiger partial charge in [0.05, 0.1) is 12.8 Å². The van der Waals surface area contributed by atoms with Crippen LogP contribution in [0.1, 0.15) is 57.6 Å². The first-order chi connectivity index (χ1) is 20.0. The number of amides is 2. The lowest BCUT2D eigenvalue weighted by molar-refractivity contribution is -0.0599. The fourth-order valence-electron chi connectivity index (χ4n) is 5.12. The topological polar surface area (TPSA) is 140 Å². The summed E-state index contributed by atoms with van der Waals surface area (Å²) in [4.78, 5) is 30.9. The molecule has 12 heteroatoms. The number of hydrogen-bond donors (Lipinski definition) is 3. The third kappa shape index (κ3) is 7.89. The largest absolute Gasteiger partial charge is 0.465 e. The Morgan fingerprint density at radius 1 is 1.21 bits per heavy atom. The van der Waals surface area contributed by atoms with E-state index in [1.807, 2.05) is 32.0 Å². The summed E-state index contributed by atoms with van der Waals surface area (Å²) in [7, 11) is 1.55. The van der Waals surface area contributed by atoms with E-state index in [4.69, 9.17) is 19.2 Å². The SMILES string of the molecule is COCOCC1(CNc2cc(NC(=O)OC(C)(C)CCc3ccccc3)n3ncc(C(C)C)c3n2)CCN(C(=O)O)C1. The summed E-state index contributed by atoms with van der Waals surface area (Å²) in [6, 6.07) is 11.8. The minimum absolute atomic E-state index is 0.116. The average molecular weight is 583 g/mol. The Labute approximate surface area is 246 Å². The summed E-state index contributed by atoms with van der Waals surface area (Å²) < 4.78 is 18.1. The van der Waals surface area contributed by atoms with E-state index in [1.165, 1.54) is 10.5 Å². The van der Waals surface area contributed by atoms with Gasteiger partial charge in [-0.1, -0.05) is 44.2 Å². The number of aromatic nitrogens is 3. The summed E-state index contributed by atoms with van der Waals surface area (Å²) >= 11 is 0. The Morgan fingerprint density at radius 3 is 2.64 bits per heavy atom. The number of aryl methyl sites for hydroxylation is 1.